The van der Waals surface area contributed by atoms with Crippen LogP contribution in [0.4, 0.5) is 0 Å². The Morgan fingerprint density at radius 3 is 2.41 bits per heavy atom. The molecule has 0 spiro atoms. The Hall–Kier alpha value is -2.01. The lowest BCUT2D eigenvalue weighted by Crippen LogP contribution is -2.50. The number of amides is 2. The summed E-state index contributed by atoms with van der Waals surface area (Å²) in [6.45, 7) is 5.75. The molecule has 1 aromatic heterocycles. The van der Waals surface area contributed by atoms with Gasteiger partial charge in [0.2, 0.25) is 5.91 Å². The van der Waals surface area contributed by atoms with E-state index in [9.17, 15) is 9.59 Å². The summed E-state index contributed by atoms with van der Waals surface area (Å²) >= 11 is 6.06. The minimum absolute atomic E-state index is 0.00535. The van der Waals surface area contributed by atoms with Crippen LogP contribution in [-0.4, -0.2) is 52.8 Å². The number of fused-ring (bicyclic) bond motifs is 1. The van der Waals surface area contributed by atoms with E-state index < -0.39 is 0 Å². The van der Waals surface area contributed by atoms with Crippen LogP contribution >= 0.6 is 11.6 Å². The van der Waals surface area contributed by atoms with Gasteiger partial charge in [-0.2, -0.15) is 0 Å². The first-order valence-corrected chi connectivity index (χ1v) is 7.68. The lowest BCUT2D eigenvalue weighted by atomic mass is 10.1. The van der Waals surface area contributed by atoms with Gasteiger partial charge in [0.1, 0.15) is 0 Å². The van der Waals surface area contributed by atoms with Gasteiger partial charge < -0.3 is 14.8 Å². The van der Waals surface area contributed by atoms with Crippen LogP contribution in [0.1, 0.15) is 23.0 Å². The molecule has 2 amide bonds. The highest BCUT2D eigenvalue weighted by atomic mass is 35.5. The maximum atomic E-state index is 12.8. The number of carbonyl (C=O) groups is 2. The first-order valence-electron chi connectivity index (χ1n) is 7.30. The minimum Gasteiger partial charge on any atom is -0.358 e. The normalized spacial score (nSPS) is 15.4. The van der Waals surface area contributed by atoms with Crippen LogP contribution in [0.5, 0.6) is 0 Å². The number of nitrogens with one attached hydrogen (secondary N) is 1. The van der Waals surface area contributed by atoms with Crippen molar-refractivity contribution in [2.75, 3.05) is 26.2 Å². The van der Waals surface area contributed by atoms with Crippen LogP contribution in [0.3, 0.4) is 0 Å². The highest BCUT2D eigenvalue weighted by Crippen LogP contribution is 2.26. The second-order valence-electron chi connectivity index (χ2n) is 5.61. The van der Waals surface area contributed by atoms with Crippen molar-refractivity contribution in [3.05, 3.63) is 34.5 Å². The molecular weight excluding hydrogens is 302 g/mol. The number of aromatic amines is 1. The van der Waals surface area contributed by atoms with E-state index in [1.807, 2.05) is 19.1 Å². The van der Waals surface area contributed by atoms with Gasteiger partial charge >= 0.3 is 0 Å². The van der Waals surface area contributed by atoms with Crippen molar-refractivity contribution in [1.29, 1.82) is 0 Å². The average molecular weight is 320 g/mol. The number of aryl methyl sites for hydroxylation is 1. The second-order valence-corrected chi connectivity index (χ2v) is 6.05. The number of H-pyrrole nitrogens is 1. The number of hydrogen-bond donors (Lipinski definition) is 1. The summed E-state index contributed by atoms with van der Waals surface area (Å²) in [6, 6.07) is 5.51. The summed E-state index contributed by atoms with van der Waals surface area (Å²) in [5.41, 5.74) is 2.43. The smallest absolute Gasteiger partial charge is 0.256 e. The Kier molecular flexibility index (Phi) is 3.83. The van der Waals surface area contributed by atoms with Gasteiger partial charge in [0.05, 0.1) is 5.56 Å². The molecule has 0 atom stereocenters. The number of rotatable bonds is 1. The van der Waals surface area contributed by atoms with Crippen molar-refractivity contribution in [2.24, 2.45) is 0 Å². The van der Waals surface area contributed by atoms with E-state index in [0.717, 1.165) is 16.6 Å². The molecule has 1 aliphatic rings. The third-order valence-electron chi connectivity index (χ3n) is 4.17. The fourth-order valence-electron chi connectivity index (χ4n) is 2.96. The molecule has 22 heavy (non-hydrogen) atoms. The highest BCUT2D eigenvalue weighted by Gasteiger charge is 2.26. The van der Waals surface area contributed by atoms with Crippen LogP contribution in [0.15, 0.2) is 18.2 Å². The molecule has 0 unspecified atom stereocenters. The lowest BCUT2D eigenvalue weighted by molar-refractivity contribution is -0.130. The zero-order chi connectivity index (χ0) is 15.9. The minimum atomic E-state index is -0.00535. The predicted octanol–water partition coefficient (Wildman–Crippen LogP) is 2.43. The quantitative estimate of drug-likeness (QED) is 0.877. The van der Waals surface area contributed by atoms with Gasteiger partial charge in [-0.15, -0.1) is 0 Å². The number of halogens is 1. The Morgan fingerprint density at radius 1 is 1.14 bits per heavy atom. The molecule has 0 bridgehead atoms. The van der Waals surface area contributed by atoms with Crippen molar-refractivity contribution < 1.29 is 9.59 Å². The molecule has 1 aliphatic heterocycles. The molecule has 0 saturated carbocycles. The number of aromatic nitrogens is 1. The molecule has 116 valence electrons. The van der Waals surface area contributed by atoms with Crippen molar-refractivity contribution >= 4 is 34.3 Å². The molecule has 1 fully saturated rings. The van der Waals surface area contributed by atoms with Gasteiger partial charge in [-0.1, -0.05) is 11.6 Å². The summed E-state index contributed by atoms with van der Waals surface area (Å²) in [4.78, 5) is 31.0. The SMILES string of the molecule is CC(=O)N1CCN(C(=O)c2c(C)[nH]c3ccc(Cl)cc23)CC1. The number of hydrogen-bond acceptors (Lipinski definition) is 2. The van der Waals surface area contributed by atoms with Crippen molar-refractivity contribution in [2.45, 2.75) is 13.8 Å². The van der Waals surface area contributed by atoms with Gasteiger partial charge in [0, 0.05) is 54.7 Å². The first kappa shape index (κ1) is 14.9. The van der Waals surface area contributed by atoms with Crippen molar-refractivity contribution in [1.82, 2.24) is 14.8 Å². The lowest BCUT2D eigenvalue weighted by Gasteiger charge is -2.34. The maximum Gasteiger partial charge on any atom is 0.256 e. The topological polar surface area (TPSA) is 56.4 Å². The summed E-state index contributed by atoms with van der Waals surface area (Å²) in [5.74, 6) is 0.0522. The average Bonchev–Trinajstić information content (AvgIpc) is 2.82. The molecule has 1 saturated heterocycles. The zero-order valence-corrected chi connectivity index (χ0v) is 13.4. The van der Waals surface area contributed by atoms with Gasteiger partial charge in [0.25, 0.3) is 5.91 Å². The molecule has 5 nitrogen and oxygen atoms in total. The number of benzene rings is 1. The van der Waals surface area contributed by atoms with Crippen molar-refractivity contribution in [3.8, 4) is 0 Å². The molecule has 0 aliphatic carbocycles. The van der Waals surface area contributed by atoms with E-state index in [-0.39, 0.29) is 11.8 Å². The van der Waals surface area contributed by atoms with Gasteiger partial charge in [-0.05, 0) is 25.1 Å². The fraction of sp³-hybridized carbons (Fsp3) is 0.375. The molecule has 2 heterocycles. The van der Waals surface area contributed by atoms with Crippen LogP contribution in [0.25, 0.3) is 10.9 Å². The van der Waals surface area contributed by atoms with Crippen LogP contribution < -0.4 is 0 Å². The summed E-state index contributed by atoms with van der Waals surface area (Å²) < 4.78 is 0. The highest BCUT2D eigenvalue weighted by molar-refractivity contribution is 6.31. The van der Waals surface area contributed by atoms with Gasteiger partial charge in [0.15, 0.2) is 0 Å². The molecule has 0 radical (unpaired) electrons. The van der Waals surface area contributed by atoms with E-state index in [2.05, 4.69) is 4.98 Å². The Balaban J connectivity index is 1.88. The molecule has 1 aromatic carbocycles. The third-order valence-corrected chi connectivity index (χ3v) is 4.41. The van der Waals surface area contributed by atoms with E-state index in [0.29, 0.717) is 36.8 Å². The summed E-state index contributed by atoms with van der Waals surface area (Å²) in [6.07, 6.45) is 0. The molecule has 2 aromatic rings. The second kappa shape index (κ2) is 5.65. The molecule has 6 heteroatoms. The van der Waals surface area contributed by atoms with Gasteiger partial charge in [-0.25, -0.2) is 0 Å². The number of piperazine rings is 1. The maximum absolute atomic E-state index is 12.8. The Bertz CT molecular complexity index is 745. The molecule has 1 N–H and O–H groups in total. The molecule has 3 rings (SSSR count). The monoisotopic (exact) mass is 319 g/mol. The largest absolute Gasteiger partial charge is 0.358 e. The predicted molar refractivity (Wildman–Crippen MR) is 86.2 cm³/mol. The fourth-order valence-corrected chi connectivity index (χ4v) is 3.13. The Labute approximate surface area is 133 Å². The number of carbonyl (C=O) groups excluding carboxylic acids is 2. The zero-order valence-electron chi connectivity index (χ0n) is 12.6. The van der Waals surface area contributed by atoms with Crippen LogP contribution in [-0.2, 0) is 4.79 Å². The summed E-state index contributed by atoms with van der Waals surface area (Å²) in [7, 11) is 0. The van der Waals surface area contributed by atoms with Crippen molar-refractivity contribution in [3.63, 3.8) is 0 Å². The third kappa shape index (κ3) is 2.57. The van der Waals surface area contributed by atoms with Crippen LogP contribution in [0.2, 0.25) is 5.02 Å². The molecular formula is C16H18ClN3O2. The van der Waals surface area contributed by atoms with E-state index in [1.165, 1.54) is 0 Å². The van der Waals surface area contributed by atoms with Crippen LogP contribution in [0, 0.1) is 6.92 Å². The van der Waals surface area contributed by atoms with E-state index in [4.69, 9.17) is 11.6 Å². The van der Waals surface area contributed by atoms with E-state index in [1.54, 1.807) is 22.8 Å². The first-order chi connectivity index (χ1) is 10.5. The number of nitrogens with zero attached hydrogens (tertiary/aromatic N) is 2. The summed E-state index contributed by atoms with van der Waals surface area (Å²) in [5, 5.41) is 1.46. The van der Waals surface area contributed by atoms with Gasteiger partial charge in [-0.3, -0.25) is 9.59 Å². The standard InChI is InChI=1S/C16H18ClN3O2/c1-10-15(13-9-12(17)3-4-14(13)18-10)16(22)20-7-5-19(6-8-20)11(2)21/h3-4,9,18H,5-8H2,1-2H3. The Morgan fingerprint density at radius 2 is 1.77 bits per heavy atom. The van der Waals surface area contributed by atoms with E-state index >= 15 is 0 Å².